The van der Waals surface area contributed by atoms with Crippen molar-refractivity contribution in [2.24, 2.45) is 10.7 Å². The van der Waals surface area contributed by atoms with Crippen LogP contribution < -0.4 is 11.1 Å². The van der Waals surface area contributed by atoms with Crippen LogP contribution in [0.5, 0.6) is 0 Å². The van der Waals surface area contributed by atoms with Crippen molar-refractivity contribution in [2.45, 2.75) is 12.5 Å². The minimum atomic E-state index is -0.666. The van der Waals surface area contributed by atoms with E-state index in [-0.39, 0.29) is 17.3 Å². The number of pyridine rings is 2. The normalized spacial score (nSPS) is 16.9. The van der Waals surface area contributed by atoms with Crippen LogP contribution >= 0.6 is 11.6 Å². The number of halogens is 2. The van der Waals surface area contributed by atoms with Gasteiger partial charge in [0.05, 0.1) is 29.6 Å². The fourth-order valence-corrected chi connectivity index (χ4v) is 2.34. The maximum absolute atomic E-state index is 14.0. The second-order valence-corrected chi connectivity index (χ2v) is 5.48. The van der Waals surface area contributed by atoms with E-state index in [1.165, 1.54) is 24.5 Å². The molecule has 1 atom stereocenters. The number of carbonyl (C=O) groups is 1. The van der Waals surface area contributed by atoms with Crippen molar-refractivity contribution in [3.05, 3.63) is 52.8 Å². The number of nitrogens with two attached hydrogens (primary N) is 1. The van der Waals surface area contributed by atoms with Crippen LogP contribution in [0, 0.1) is 5.95 Å². The van der Waals surface area contributed by atoms with E-state index in [2.05, 4.69) is 20.3 Å². The van der Waals surface area contributed by atoms with E-state index in [1.807, 2.05) is 0 Å². The summed E-state index contributed by atoms with van der Waals surface area (Å²) in [5.41, 5.74) is 6.26. The Bertz CT molecular complexity index is 797. The quantitative estimate of drug-likeness (QED) is 0.828. The first-order valence-electron chi connectivity index (χ1n) is 7.07. The largest absolute Gasteiger partial charge is 0.465 e. The highest BCUT2D eigenvalue weighted by Crippen LogP contribution is 2.27. The van der Waals surface area contributed by atoms with Crippen LogP contribution in [0.2, 0.25) is 5.02 Å². The van der Waals surface area contributed by atoms with Crippen LogP contribution in [0.1, 0.15) is 28.5 Å². The van der Waals surface area contributed by atoms with Crippen molar-refractivity contribution in [3.8, 4) is 0 Å². The molecule has 1 aliphatic heterocycles. The van der Waals surface area contributed by atoms with E-state index < -0.39 is 17.9 Å². The lowest BCUT2D eigenvalue weighted by molar-refractivity contribution is 0.102. The number of ether oxygens (including phenoxy) is 1. The molecule has 0 saturated carbocycles. The van der Waals surface area contributed by atoms with Crippen molar-refractivity contribution in [1.29, 1.82) is 0 Å². The average Bonchev–Trinajstić information content (AvgIpc) is 2.57. The number of nitrogens with zero attached hydrogens (tertiary/aromatic N) is 3. The standard InChI is InChI=1S/C15H13ClFN5O2/c16-8-1-2-12(19-6-8)14(23)21-9-5-10(13(17)20-7-9)11-3-4-24-15(18)22-11/h1-2,5-7,11H,3-4H2,(H2,18,22)(H,21,23). The Morgan fingerprint density at radius 3 is 2.92 bits per heavy atom. The zero-order valence-corrected chi connectivity index (χ0v) is 13.1. The molecule has 0 radical (unpaired) electrons. The van der Waals surface area contributed by atoms with E-state index in [9.17, 15) is 9.18 Å². The van der Waals surface area contributed by atoms with Gasteiger partial charge in [0.25, 0.3) is 11.9 Å². The number of anilines is 1. The molecule has 0 bridgehead atoms. The summed E-state index contributed by atoms with van der Waals surface area (Å²) in [6, 6.07) is 4.02. The Hall–Kier alpha value is -2.74. The number of aliphatic imine (C=N–C) groups is 1. The van der Waals surface area contributed by atoms with Gasteiger partial charge in [-0.2, -0.15) is 4.39 Å². The summed E-state index contributed by atoms with van der Waals surface area (Å²) in [7, 11) is 0. The molecule has 0 saturated heterocycles. The number of hydrogen-bond donors (Lipinski definition) is 2. The summed E-state index contributed by atoms with van der Waals surface area (Å²) in [6.45, 7) is 0.338. The summed E-state index contributed by atoms with van der Waals surface area (Å²) < 4.78 is 19.0. The van der Waals surface area contributed by atoms with Crippen LogP contribution in [0.4, 0.5) is 10.1 Å². The summed E-state index contributed by atoms with van der Waals surface area (Å²) in [5.74, 6) is -1.12. The summed E-state index contributed by atoms with van der Waals surface area (Å²) >= 11 is 5.73. The molecule has 1 unspecified atom stereocenters. The van der Waals surface area contributed by atoms with Gasteiger partial charge in [-0.05, 0) is 18.2 Å². The molecule has 0 fully saturated rings. The van der Waals surface area contributed by atoms with Gasteiger partial charge in [0.2, 0.25) is 5.95 Å². The Kier molecular flexibility index (Phi) is 4.57. The second kappa shape index (κ2) is 6.79. The fraction of sp³-hybridized carbons (Fsp3) is 0.200. The molecule has 124 valence electrons. The molecule has 3 N–H and O–H groups in total. The third-order valence-electron chi connectivity index (χ3n) is 3.37. The highest BCUT2D eigenvalue weighted by atomic mass is 35.5. The average molecular weight is 350 g/mol. The van der Waals surface area contributed by atoms with Crippen molar-refractivity contribution in [3.63, 3.8) is 0 Å². The number of hydrogen-bond acceptors (Lipinski definition) is 6. The zero-order valence-electron chi connectivity index (χ0n) is 12.4. The molecule has 24 heavy (non-hydrogen) atoms. The van der Waals surface area contributed by atoms with Crippen LogP contribution in [0.3, 0.4) is 0 Å². The van der Waals surface area contributed by atoms with E-state index >= 15 is 0 Å². The number of rotatable bonds is 3. The van der Waals surface area contributed by atoms with Crippen LogP contribution in [-0.2, 0) is 4.74 Å². The number of nitrogens with one attached hydrogen (secondary N) is 1. The van der Waals surface area contributed by atoms with Gasteiger partial charge < -0.3 is 15.8 Å². The molecule has 7 nitrogen and oxygen atoms in total. The van der Waals surface area contributed by atoms with Crippen molar-refractivity contribution >= 4 is 29.2 Å². The Morgan fingerprint density at radius 2 is 2.21 bits per heavy atom. The van der Waals surface area contributed by atoms with E-state index in [0.29, 0.717) is 23.7 Å². The summed E-state index contributed by atoms with van der Waals surface area (Å²) in [6.07, 6.45) is 3.05. The maximum atomic E-state index is 14.0. The number of amidine groups is 1. The van der Waals surface area contributed by atoms with Crippen molar-refractivity contribution in [2.75, 3.05) is 11.9 Å². The molecule has 2 aromatic heterocycles. The highest BCUT2D eigenvalue weighted by Gasteiger charge is 2.21. The minimum Gasteiger partial charge on any atom is -0.465 e. The molecule has 0 aromatic carbocycles. The molecule has 2 aromatic rings. The monoisotopic (exact) mass is 349 g/mol. The lowest BCUT2D eigenvalue weighted by Gasteiger charge is -2.19. The molecule has 9 heteroatoms. The van der Waals surface area contributed by atoms with Crippen molar-refractivity contribution < 1.29 is 13.9 Å². The van der Waals surface area contributed by atoms with Gasteiger partial charge in [-0.3, -0.25) is 4.79 Å². The van der Waals surface area contributed by atoms with Gasteiger partial charge in [-0.15, -0.1) is 0 Å². The van der Waals surface area contributed by atoms with Gasteiger partial charge in [0, 0.05) is 18.2 Å². The molecule has 0 aliphatic carbocycles. The Labute approximate surface area is 141 Å². The lowest BCUT2D eigenvalue weighted by atomic mass is 10.1. The first-order chi connectivity index (χ1) is 11.5. The molecular weight excluding hydrogens is 337 g/mol. The highest BCUT2D eigenvalue weighted by molar-refractivity contribution is 6.30. The van der Waals surface area contributed by atoms with Gasteiger partial charge in [0.1, 0.15) is 5.69 Å². The number of aromatic nitrogens is 2. The molecule has 3 heterocycles. The third kappa shape index (κ3) is 3.60. The Balaban J connectivity index is 1.82. The molecule has 0 spiro atoms. The predicted molar refractivity (Wildman–Crippen MR) is 86.3 cm³/mol. The second-order valence-electron chi connectivity index (χ2n) is 5.04. The van der Waals surface area contributed by atoms with Crippen molar-refractivity contribution in [1.82, 2.24) is 9.97 Å². The molecular formula is C15H13ClFN5O2. The van der Waals surface area contributed by atoms with E-state index in [4.69, 9.17) is 22.1 Å². The zero-order chi connectivity index (χ0) is 17.1. The van der Waals surface area contributed by atoms with Gasteiger partial charge >= 0.3 is 0 Å². The van der Waals surface area contributed by atoms with Crippen LogP contribution in [0.15, 0.2) is 35.6 Å². The van der Waals surface area contributed by atoms with Gasteiger partial charge in [0.15, 0.2) is 0 Å². The predicted octanol–water partition coefficient (Wildman–Crippen LogP) is 2.30. The maximum Gasteiger partial charge on any atom is 0.282 e. The fourth-order valence-electron chi connectivity index (χ4n) is 2.23. The lowest BCUT2D eigenvalue weighted by Crippen LogP contribution is -2.24. The summed E-state index contributed by atoms with van der Waals surface area (Å²) in [4.78, 5) is 23.8. The third-order valence-corrected chi connectivity index (χ3v) is 3.59. The first-order valence-corrected chi connectivity index (χ1v) is 7.45. The SMILES string of the molecule is NC1=NC(c2cc(NC(=O)c3ccc(Cl)cn3)cnc2F)CCO1. The van der Waals surface area contributed by atoms with Crippen LogP contribution in [0.25, 0.3) is 0 Å². The number of carbonyl (C=O) groups excluding carboxylic acids is 1. The van der Waals surface area contributed by atoms with E-state index in [1.54, 1.807) is 6.07 Å². The molecule has 1 aliphatic rings. The minimum absolute atomic E-state index is 0.00505. The first kappa shape index (κ1) is 16.1. The summed E-state index contributed by atoms with van der Waals surface area (Å²) in [5, 5.41) is 3.03. The topological polar surface area (TPSA) is 102 Å². The van der Waals surface area contributed by atoms with E-state index in [0.717, 1.165) is 0 Å². The van der Waals surface area contributed by atoms with Gasteiger partial charge in [-0.1, -0.05) is 11.6 Å². The smallest absolute Gasteiger partial charge is 0.282 e. The Morgan fingerprint density at radius 1 is 1.38 bits per heavy atom. The molecule has 3 rings (SSSR count). The van der Waals surface area contributed by atoms with Gasteiger partial charge in [-0.25, -0.2) is 15.0 Å². The van der Waals surface area contributed by atoms with Crippen LogP contribution in [-0.4, -0.2) is 28.5 Å². The number of amides is 1. The molecule has 1 amide bonds.